The summed E-state index contributed by atoms with van der Waals surface area (Å²) in [5.74, 6) is -0.606. The largest absolute Gasteiger partial charge is 0.366 e. The first-order valence-corrected chi connectivity index (χ1v) is 9.04. The number of nitrogens with one attached hydrogen (secondary N) is 1. The van der Waals surface area contributed by atoms with E-state index in [2.05, 4.69) is 4.72 Å². The van der Waals surface area contributed by atoms with Gasteiger partial charge in [0.15, 0.2) is 0 Å². The monoisotopic (exact) mass is 346 g/mol. The van der Waals surface area contributed by atoms with Crippen molar-refractivity contribution in [1.29, 1.82) is 0 Å². The number of carbonyl (C=O) groups is 1. The van der Waals surface area contributed by atoms with E-state index in [0.717, 1.165) is 27.8 Å². The highest BCUT2D eigenvalue weighted by Crippen LogP contribution is 2.30. The number of sulfonamides is 1. The summed E-state index contributed by atoms with van der Waals surface area (Å²) in [6, 6.07) is 6.14. The minimum Gasteiger partial charge on any atom is -0.366 e. The Balaban J connectivity index is 2.57. The highest BCUT2D eigenvalue weighted by molar-refractivity contribution is 7.92. The Morgan fingerprint density at radius 1 is 0.917 bits per heavy atom. The van der Waals surface area contributed by atoms with Crippen LogP contribution in [0.1, 0.15) is 38.2 Å². The molecule has 3 N–H and O–H groups in total. The van der Waals surface area contributed by atoms with E-state index in [1.165, 1.54) is 12.1 Å². The van der Waals surface area contributed by atoms with Crippen LogP contribution in [0, 0.1) is 34.6 Å². The van der Waals surface area contributed by atoms with Gasteiger partial charge in [0, 0.05) is 11.3 Å². The van der Waals surface area contributed by atoms with Crippen LogP contribution >= 0.6 is 0 Å². The molecule has 0 saturated carbocycles. The highest BCUT2D eigenvalue weighted by atomic mass is 32.2. The highest BCUT2D eigenvalue weighted by Gasteiger charge is 2.23. The molecule has 0 aliphatic heterocycles. The SMILES string of the molecule is Cc1c(C)c(C)c(S(=O)(=O)Nc2cccc(C(N)=O)c2)c(C)c1C. The molecule has 0 spiro atoms. The summed E-state index contributed by atoms with van der Waals surface area (Å²) >= 11 is 0. The third-order valence-corrected chi connectivity index (χ3v) is 6.25. The van der Waals surface area contributed by atoms with Crippen LogP contribution < -0.4 is 10.5 Å². The Hall–Kier alpha value is -2.34. The van der Waals surface area contributed by atoms with Gasteiger partial charge in [0.05, 0.1) is 4.90 Å². The second-order valence-electron chi connectivity index (χ2n) is 6.00. The van der Waals surface area contributed by atoms with Crippen molar-refractivity contribution in [2.24, 2.45) is 5.73 Å². The van der Waals surface area contributed by atoms with Crippen LogP contribution in [-0.4, -0.2) is 14.3 Å². The molecule has 2 aromatic carbocycles. The summed E-state index contributed by atoms with van der Waals surface area (Å²) in [4.78, 5) is 11.6. The van der Waals surface area contributed by atoms with Gasteiger partial charge in [0.2, 0.25) is 5.91 Å². The number of primary amides is 1. The van der Waals surface area contributed by atoms with E-state index in [0.29, 0.717) is 5.69 Å². The van der Waals surface area contributed by atoms with Gasteiger partial charge in [-0.3, -0.25) is 9.52 Å². The first kappa shape index (κ1) is 18.0. The van der Waals surface area contributed by atoms with Gasteiger partial charge in [-0.15, -0.1) is 0 Å². The van der Waals surface area contributed by atoms with Crippen molar-refractivity contribution in [2.45, 2.75) is 39.5 Å². The Labute approximate surface area is 142 Å². The zero-order chi connectivity index (χ0) is 18.2. The molecule has 2 rings (SSSR count). The number of hydrogen-bond donors (Lipinski definition) is 2. The van der Waals surface area contributed by atoms with Crippen LogP contribution in [0.25, 0.3) is 0 Å². The maximum Gasteiger partial charge on any atom is 0.262 e. The predicted molar refractivity (Wildman–Crippen MR) is 95.9 cm³/mol. The van der Waals surface area contributed by atoms with E-state index in [4.69, 9.17) is 5.73 Å². The third-order valence-electron chi connectivity index (χ3n) is 4.60. The lowest BCUT2D eigenvalue weighted by Crippen LogP contribution is -2.18. The van der Waals surface area contributed by atoms with Gasteiger partial charge < -0.3 is 5.73 Å². The van der Waals surface area contributed by atoms with Crippen LogP contribution in [0.2, 0.25) is 0 Å². The second kappa shape index (κ2) is 6.28. The van der Waals surface area contributed by atoms with Crippen LogP contribution in [0.4, 0.5) is 5.69 Å². The second-order valence-corrected chi connectivity index (χ2v) is 7.62. The van der Waals surface area contributed by atoms with Crippen LogP contribution in [-0.2, 0) is 10.0 Å². The third kappa shape index (κ3) is 3.14. The fourth-order valence-corrected chi connectivity index (χ4v) is 4.46. The van der Waals surface area contributed by atoms with Crippen molar-refractivity contribution in [3.05, 3.63) is 57.6 Å². The molecule has 0 aliphatic carbocycles. The topological polar surface area (TPSA) is 89.3 Å². The summed E-state index contributed by atoms with van der Waals surface area (Å²) < 4.78 is 28.4. The Morgan fingerprint density at radius 3 is 1.92 bits per heavy atom. The normalized spacial score (nSPS) is 11.4. The molecule has 0 aliphatic rings. The molecule has 0 heterocycles. The average molecular weight is 346 g/mol. The minimum absolute atomic E-state index is 0.250. The van der Waals surface area contributed by atoms with E-state index in [1.54, 1.807) is 12.1 Å². The van der Waals surface area contributed by atoms with Crippen LogP contribution in [0.5, 0.6) is 0 Å². The van der Waals surface area contributed by atoms with Gasteiger partial charge in [-0.1, -0.05) is 6.07 Å². The Morgan fingerprint density at radius 2 is 1.42 bits per heavy atom. The van der Waals surface area contributed by atoms with Gasteiger partial charge in [0.1, 0.15) is 0 Å². The molecular formula is C18H22N2O3S. The molecular weight excluding hydrogens is 324 g/mol. The zero-order valence-corrected chi connectivity index (χ0v) is 15.3. The van der Waals surface area contributed by atoms with Crippen molar-refractivity contribution >= 4 is 21.6 Å². The van der Waals surface area contributed by atoms with Crippen molar-refractivity contribution in [3.8, 4) is 0 Å². The van der Waals surface area contributed by atoms with Gasteiger partial charge >= 0.3 is 0 Å². The van der Waals surface area contributed by atoms with Crippen LogP contribution in [0.3, 0.4) is 0 Å². The quantitative estimate of drug-likeness (QED) is 0.891. The predicted octanol–water partition coefficient (Wildman–Crippen LogP) is 3.13. The molecule has 0 saturated heterocycles. The molecule has 6 heteroatoms. The fraction of sp³-hybridized carbons (Fsp3) is 0.278. The smallest absolute Gasteiger partial charge is 0.262 e. The van der Waals surface area contributed by atoms with E-state index >= 15 is 0 Å². The van der Waals surface area contributed by atoms with Crippen molar-refractivity contribution in [2.75, 3.05) is 4.72 Å². The molecule has 1 amide bonds. The Kier molecular flexibility index (Phi) is 4.71. The molecule has 0 bridgehead atoms. The van der Waals surface area contributed by atoms with Gasteiger partial charge in [-0.2, -0.15) is 0 Å². The average Bonchev–Trinajstić information content (AvgIpc) is 2.50. The molecule has 128 valence electrons. The summed E-state index contributed by atoms with van der Waals surface area (Å²) in [7, 11) is -3.78. The zero-order valence-electron chi connectivity index (χ0n) is 14.5. The number of carbonyl (C=O) groups excluding carboxylic acids is 1. The lowest BCUT2D eigenvalue weighted by Gasteiger charge is -2.19. The number of benzene rings is 2. The standard InChI is InChI=1S/C18H22N2O3S/c1-10-11(2)13(4)17(14(5)12(10)3)24(22,23)20-16-8-6-7-15(9-16)18(19)21/h6-9,20H,1-5H3,(H2,19,21). The molecule has 0 aromatic heterocycles. The maximum absolute atomic E-state index is 12.9. The number of nitrogens with two attached hydrogens (primary N) is 1. The van der Waals surface area contributed by atoms with E-state index < -0.39 is 15.9 Å². The number of amides is 1. The van der Waals surface area contributed by atoms with E-state index in [9.17, 15) is 13.2 Å². The summed E-state index contributed by atoms with van der Waals surface area (Å²) in [6.45, 7) is 9.45. The Bertz CT molecular complexity index is 903. The lowest BCUT2D eigenvalue weighted by atomic mass is 9.95. The maximum atomic E-state index is 12.9. The molecule has 0 fully saturated rings. The van der Waals surface area contributed by atoms with E-state index in [-0.39, 0.29) is 10.5 Å². The molecule has 0 atom stereocenters. The molecule has 2 aromatic rings. The summed E-state index contributed by atoms with van der Waals surface area (Å²) in [5.41, 5.74) is 10.3. The van der Waals surface area contributed by atoms with Crippen molar-refractivity contribution in [1.82, 2.24) is 0 Å². The molecule has 0 radical (unpaired) electrons. The van der Waals surface area contributed by atoms with Gasteiger partial charge in [-0.05, 0) is 80.6 Å². The van der Waals surface area contributed by atoms with Gasteiger partial charge in [-0.25, -0.2) is 8.42 Å². The fourth-order valence-electron chi connectivity index (χ4n) is 2.81. The first-order valence-electron chi connectivity index (χ1n) is 7.56. The minimum atomic E-state index is -3.78. The molecule has 0 unspecified atom stereocenters. The first-order chi connectivity index (χ1) is 11.1. The number of rotatable bonds is 4. The summed E-state index contributed by atoms with van der Waals surface area (Å²) in [5, 5.41) is 0. The van der Waals surface area contributed by atoms with Crippen LogP contribution in [0.15, 0.2) is 29.2 Å². The molecule has 24 heavy (non-hydrogen) atoms. The molecule has 5 nitrogen and oxygen atoms in total. The van der Waals surface area contributed by atoms with E-state index in [1.807, 2.05) is 34.6 Å². The number of hydrogen-bond acceptors (Lipinski definition) is 3. The van der Waals surface area contributed by atoms with Gasteiger partial charge in [0.25, 0.3) is 10.0 Å². The number of anilines is 1. The van der Waals surface area contributed by atoms with Crippen molar-refractivity contribution in [3.63, 3.8) is 0 Å². The summed E-state index contributed by atoms with van der Waals surface area (Å²) in [6.07, 6.45) is 0. The lowest BCUT2D eigenvalue weighted by molar-refractivity contribution is 0.100. The van der Waals surface area contributed by atoms with Crippen molar-refractivity contribution < 1.29 is 13.2 Å².